The Hall–Kier alpha value is -1.34. The Morgan fingerprint density at radius 2 is 2.00 bits per heavy atom. The number of hydrogen-bond acceptors (Lipinski definition) is 2. The van der Waals surface area contributed by atoms with Crippen molar-refractivity contribution in [3.63, 3.8) is 0 Å². The highest BCUT2D eigenvalue weighted by Crippen LogP contribution is 2.31. The van der Waals surface area contributed by atoms with E-state index in [2.05, 4.69) is 38.5 Å². The number of aliphatic carboxylic acids is 1. The predicted molar refractivity (Wildman–Crippen MR) is 94.3 cm³/mol. The molecule has 2 aromatic rings. The molecule has 0 unspecified atom stereocenters. The maximum absolute atomic E-state index is 10.7. The van der Waals surface area contributed by atoms with Crippen molar-refractivity contribution >= 4 is 50.6 Å². The molecule has 2 rings (SSSR count). The van der Waals surface area contributed by atoms with Crippen LogP contribution < -0.4 is 4.74 Å². The molecule has 1 N–H and O–H groups in total. The second-order valence-electron chi connectivity index (χ2n) is 4.25. The van der Waals surface area contributed by atoms with Gasteiger partial charge in [-0.15, -0.1) is 0 Å². The molecule has 0 aliphatic heterocycles. The number of carboxylic acid groups (broad SMARTS) is 1. The fourth-order valence-corrected chi connectivity index (χ4v) is 3.45. The van der Waals surface area contributed by atoms with Gasteiger partial charge in [-0.05, 0) is 46.4 Å². The SMILES string of the molecule is O=C(O)/C=C/c1cc(Br)cc(I)c1OCc1ccccc1. The minimum atomic E-state index is -0.987. The van der Waals surface area contributed by atoms with Gasteiger partial charge in [0.2, 0.25) is 0 Å². The van der Waals surface area contributed by atoms with Crippen molar-refractivity contribution in [2.45, 2.75) is 6.61 Å². The van der Waals surface area contributed by atoms with Crippen LogP contribution in [-0.2, 0) is 11.4 Å². The summed E-state index contributed by atoms with van der Waals surface area (Å²) in [6.45, 7) is 0.437. The van der Waals surface area contributed by atoms with E-state index in [1.165, 1.54) is 6.08 Å². The van der Waals surface area contributed by atoms with Crippen LogP contribution in [0.3, 0.4) is 0 Å². The van der Waals surface area contributed by atoms with E-state index < -0.39 is 5.97 Å². The van der Waals surface area contributed by atoms with E-state index >= 15 is 0 Å². The fourth-order valence-electron chi connectivity index (χ4n) is 1.75. The number of rotatable bonds is 5. The van der Waals surface area contributed by atoms with Gasteiger partial charge in [0.1, 0.15) is 12.4 Å². The molecule has 0 saturated heterocycles. The highest BCUT2D eigenvalue weighted by Gasteiger charge is 2.09. The van der Waals surface area contributed by atoms with Crippen LogP contribution >= 0.6 is 38.5 Å². The van der Waals surface area contributed by atoms with E-state index in [0.717, 1.165) is 25.2 Å². The number of carboxylic acids is 1. The van der Waals surface area contributed by atoms with Gasteiger partial charge in [-0.2, -0.15) is 0 Å². The van der Waals surface area contributed by atoms with Crippen molar-refractivity contribution < 1.29 is 14.6 Å². The Morgan fingerprint density at radius 3 is 2.67 bits per heavy atom. The molecule has 0 saturated carbocycles. The minimum absolute atomic E-state index is 0.437. The predicted octanol–water partition coefficient (Wildman–Crippen LogP) is 4.73. The Morgan fingerprint density at radius 1 is 1.29 bits per heavy atom. The zero-order chi connectivity index (χ0) is 15.2. The van der Waals surface area contributed by atoms with Gasteiger partial charge in [-0.25, -0.2) is 4.79 Å². The highest BCUT2D eigenvalue weighted by molar-refractivity contribution is 14.1. The van der Waals surface area contributed by atoms with Crippen LogP contribution in [0.2, 0.25) is 0 Å². The fraction of sp³-hybridized carbons (Fsp3) is 0.0625. The lowest BCUT2D eigenvalue weighted by atomic mass is 10.2. The average molecular weight is 459 g/mol. The number of ether oxygens (including phenoxy) is 1. The second-order valence-corrected chi connectivity index (χ2v) is 6.33. The molecule has 0 aliphatic carbocycles. The van der Waals surface area contributed by atoms with Crippen molar-refractivity contribution in [2.24, 2.45) is 0 Å². The Labute approximate surface area is 144 Å². The number of halogens is 2. The highest BCUT2D eigenvalue weighted by atomic mass is 127. The third kappa shape index (κ3) is 4.86. The molecule has 0 bridgehead atoms. The monoisotopic (exact) mass is 458 g/mol. The molecule has 5 heteroatoms. The van der Waals surface area contributed by atoms with Crippen molar-refractivity contribution in [3.05, 3.63) is 67.7 Å². The summed E-state index contributed by atoms with van der Waals surface area (Å²) in [6.07, 6.45) is 2.64. The van der Waals surface area contributed by atoms with Gasteiger partial charge in [0.05, 0.1) is 3.57 Å². The molecule has 2 aromatic carbocycles. The molecule has 0 amide bonds. The number of carbonyl (C=O) groups is 1. The average Bonchev–Trinajstić information content (AvgIpc) is 2.45. The normalized spacial score (nSPS) is 10.8. The quantitative estimate of drug-likeness (QED) is 0.520. The first kappa shape index (κ1) is 16.0. The zero-order valence-corrected chi connectivity index (χ0v) is 14.7. The molecule has 0 spiro atoms. The van der Waals surface area contributed by atoms with E-state index in [4.69, 9.17) is 9.84 Å². The standard InChI is InChI=1S/C16H12BrIO3/c17-13-8-12(6-7-15(19)20)16(14(18)9-13)21-10-11-4-2-1-3-5-11/h1-9H,10H2,(H,19,20)/b7-6+. The maximum Gasteiger partial charge on any atom is 0.328 e. The van der Waals surface area contributed by atoms with Crippen LogP contribution in [0, 0.1) is 3.57 Å². The second kappa shape index (κ2) is 7.61. The molecular formula is C16H12BrIO3. The van der Waals surface area contributed by atoms with Crippen molar-refractivity contribution in [1.82, 2.24) is 0 Å². The van der Waals surface area contributed by atoms with E-state index in [9.17, 15) is 4.79 Å². The molecular weight excluding hydrogens is 447 g/mol. The summed E-state index contributed by atoms with van der Waals surface area (Å²) in [5.74, 6) is -0.306. The Balaban J connectivity index is 2.26. The van der Waals surface area contributed by atoms with Crippen molar-refractivity contribution in [1.29, 1.82) is 0 Å². The van der Waals surface area contributed by atoms with Gasteiger partial charge in [0, 0.05) is 16.1 Å². The molecule has 0 radical (unpaired) electrons. The van der Waals surface area contributed by atoms with Crippen molar-refractivity contribution in [2.75, 3.05) is 0 Å². The first-order valence-electron chi connectivity index (χ1n) is 6.13. The van der Waals surface area contributed by atoms with E-state index in [-0.39, 0.29) is 0 Å². The summed E-state index contributed by atoms with van der Waals surface area (Å²) in [5, 5.41) is 8.77. The summed E-state index contributed by atoms with van der Waals surface area (Å²) in [5.41, 5.74) is 1.79. The third-order valence-corrected chi connectivity index (χ3v) is 3.93. The molecule has 0 aliphatic rings. The lowest BCUT2D eigenvalue weighted by molar-refractivity contribution is -0.131. The number of benzene rings is 2. The van der Waals surface area contributed by atoms with Crippen LogP contribution in [0.5, 0.6) is 5.75 Å². The smallest absolute Gasteiger partial charge is 0.328 e. The summed E-state index contributed by atoms with van der Waals surface area (Å²) in [7, 11) is 0. The van der Waals surface area contributed by atoms with Crippen LogP contribution in [0.1, 0.15) is 11.1 Å². The zero-order valence-electron chi connectivity index (χ0n) is 10.9. The van der Waals surface area contributed by atoms with Crippen LogP contribution in [-0.4, -0.2) is 11.1 Å². The van der Waals surface area contributed by atoms with Gasteiger partial charge in [0.25, 0.3) is 0 Å². The van der Waals surface area contributed by atoms with Gasteiger partial charge in [-0.3, -0.25) is 0 Å². The van der Waals surface area contributed by atoms with Gasteiger partial charge >= 0.3 is 5.97 Å². The summed E-state index contributed by atoms with van der Waals surface area (Å²) in [4.78, 5) is 10.7. The summed E-state index contributed by atoms with van der Waals surface area (Å²) < 4.78 is 7.67. The van der Waals surface area contributed by atoms with E-state index in [1.807, 2.05) is 42.5 Å². The topological polar surface area (TPSA) is 46.5 Å². The van der Waals surface area contributed by atoms with Crippen LogP contribution in [0.4, 0.5) is 0 Å². The lowest BCUT2D eigenvalue weighted by Gasteiger charge is -2.12. The van der Waals surface area contributed by atoms with Crippen molar-refractivity contribution in [3.8, 4) is 5.75 Å². The molecule has 21 heavy (non-hydrogen) atoms. The summed E-state index contributed by atoms with van der Waals surface area (Å²) >= 11 is 5.58. The lowest BCUT2D eigenvalue weighted by Crippen LogP contribution is -1.99. The van der Waals surface area contributed by atoms with Crippen LogP contribution in [0.15, 0.2) is 53.0 Å². The molecule has 0 atom stereocenters. The Kier molecular flexibility index (Phi) is 5.81. The van der Waals surface area contributed by atoms with Gasteiger partial charge in [0.15, 0.2) is 0 Å². The largest absolute Gasteiger partial charge is 0.487 e. The molecule has 3 nitrogen and oxygen atoms in total. The Bertz CT molecular complexity index is 669. The van der Waals surface area contributed by atoms with Crippen LogP contribution in [0.25, 0.3) is 6.08 Å². The maximum atomic E-state index is 10.7. The number of hydrogen-bond donors (Lipinski definition) is 1. The first-order valence-corrected chi connectivity index (χ1v) is 8.00. The van der Waals surface area contributed by atoms with E-state index in [1.54, 1.807) is 0 Å². The third-order valence-electron chi connectivity index (χ3n) is 2.67. The van der Waals surface area contributed by atoms with Gasteiger partial charge in [-0.1, -0.05) is 46.3 Å². The minimum Gasteiger partial charge on any atom is -0.487 e. The van der Waals surface area contributed by atoms with Gasteiger partial charge < -0.3 is 9.84 Å². The molecule has 0 fully saturated rings. The first-order chi connectivity index (χ1) is 10.1. The summed E-state index contributed by atoms with van der Waals surface area (Å²) in [6, 6.07) is 13.6. The molecule has 108 valence electrons. The molecule has 0 heterocycles. The van der Waals surface area contributed by atoms with E-state index in [0.29, 0.717) is 12.4 Å². The molecule has 0 aromatic heterocycles.